The van der Waals surface area contributed by atoms with Gasteiger partial charge in [0.1, 0.15) is 24.1 Å². The number of hydrogen-bond donors (Lipinski definition) is 1. The average molecular weight is 700 g/mol. The van der Waals surface area contributed by atoms with Crippen molar-refractivity contribution < 1.29 is 54.6 Å². The fourth-order valence-electron chi connectivity index (χ4n) is 3.73. The van der Waals surface area contributed by atoms with Crippen molar-refractivity contribution in [2.45, 2.75) is 61.5 Å². The van der Waals surface area contributed by atoms with Crippen LogP contribution in [0.5, 0.6) is 5.75 Å². The normalized spacial score (nSPS) is 23.4. The lowest BCUT2D eigenvalue weighted by molar-refractivity contribution is -0.287. The average Bonchev–Trinajstić information content (AvgIpc) is 2.90. The van der Waals surface area contributed by atoms with Crippen LogP contribution in [0.4, 0.5) is 13.2 Å². The molecule has 0 aromatic heterocycles. The Balaban J connectivity index is 1.88. The van der Waals surface area contributed by atoms with Crippen LogP contribution in [0.2, 0.25) is 0 Å². The minimum absolute atomic E-state index is 0.0683. The second-order valence-electron chi connectivity index (χ2n) is 8.66. The predicted octanol–water partition coefficient (Wildman–Crippen LogP) is 4.46. The molecule has 0 bridgehead atoms. The van der Waals surface area contributed by atoms with Gasteiger partial charge in [-0.2, -0.15) is 21.6 Å². The van der Waals surface area contributed by atoms with E-state index in [1.54, 1.807) is 31.2 Å². The number of benzene rings is 2. The van der Waals surface area contributed by atoms with Crippen molar-refractivity contribution in [1.29, 1.82) is 0 Å². The molecule has 1 heterocycles. The summed E-state index contributed by atoms with van der Waals surface area (Å²) in [5, 5.41) is 11.1. The van der Waals surface area contributed by atoms with Crippen molar-refractivity contribution >= 4 is 38.7 Å². The predicted molar refractivity (Wildman–Crippen MR) is 144 cm³/mol. The molecule has 1 aliphatic rings. The number of carbonyl (C=O) groups is 1. The summed E-state index contributed by atoms with van der Waals surface area (Å²) in [6.07, 6.45) is -9.73. The molecule has 0 aliphatic carbocycles. The highest BCUT2D eigenvalue weighted by molar-refractivity contribution is 14.1. The topological polar surface area (TPSA) is 118 Å². The molecule has 1 fully saturated rings. The minimum atomic E-state index is -4.77. The number of aliphatic hydroxyl groups excluding tert-OH is 1. The van der Waals surface area contributed by atoms with Gasteiger partial charge in [0.25, 0.3) is 10.1 Å². The summed E-state index contributed by atoms with van der Waals surface area (Å²) in [6, 6.07) is 9.80. The molecule has 0 amide bonds. The van der Waals surface area contributed by atoms with Crippen LogP contribution < -0.4 is 4.74 Å². The number of alkyl halides is 3. The van der Waals surface area contributed by atoms with Gasteiger partial charge >= 0.3 is 12.1 Å². The zero-order chi connectivity index (χ0) is 29.5. The monoisotopic (exact) mass is 700 g/mol. The second kappa shape index (κ2) is 14.1. The van der Waals surface area contributed by atoms with E-state index in [0.29, 0.717) is 18.2 Å². The highest BCUT2D eigenvalue weighted by Crippen LogP contribution is 2.32. The van der Waals surface area contributed by atoms with Gasteiger partial charge in [0.2, 0.25) is 6.29 Å². The van der Waals surface area contributed by atoms with Crippen molar-refractivity contribution in [2.75, 3.05) is 13.2 Å². The van der Waals surface area contributed by atoms with Crippen LogP contribution in [-0.2, 0) is 39.5 Å². The molecule has 2 aromatic rings. The van der Waals surface area contributed by atoms with Gasteiger partial charge in [-0.3, -0.25) is 8.98 Å². The van der Waals surface area contributed by atoms with Gasteiger partial charge in [-0.05, 0) is 71.5 Å². The Hall–Kier alpha value is -2.24. The number of carbonyl (C=O) groups excluding carboxylic acids is 1. The van der Waals surface area contributed by atoms with Gasteiger partial charge in [0.05, 0.1) is 23.7 Å². The molecule has 0 spiro atoms. The lowest BCUT2D eigenvalue weighted by Gasteiger charge is -2.43. The third-order valence-electron chi connectivity index (χ3n) is 5.65. The lowest BCUT2D eigenvalue weighted by atomic mass is 9.98. The van der Waals surface area contributed by atoms with Crippen molar-refractivity contribution in [3.8, 4) is 5.75 Å². The Kier molecular flexibility index (Phi) is 11.4. The van der Waals surface area contributed by atoms with Crippen LogP contribution in [0.3, 0.4) is 0 Å². The summed E-state index contributed by atoms with van der Waals surface area (Å²) >= 11 is 2.10. The van der Waals surface area contributed by atoms with E-state index >= 15 is 0 Å². The van der Waals surface area contributed by atoms with Gasteiger partial charge in [-0.25, -0.2) is 0 Å². The van der Waals surface area contributed by atoms with E-state index in [2.05, 4.69) is 29.2 Å². The first kappa shape index (κ1) is 32.3. The largest absolute Gasteiger partial charge is 0.461 e. The Morgan fingerprint density at radius 3 is 2.50 bits per heavy atom. The third-order valence-corrected chi connectivity index (χ3v) is 7.65. The first-order chi connectivity index (χ1) is 18.9. The summed E-state index contributed by atoms with van der Waals surface area (Å²) in [6.45, 7) is 4.46. The van der Waals surface area contributed by atoms with Gasteiger partial charge in [-0.15, -0.1) is 6.58 Å². The molecule has 9 nitrogen and oxygen atoms in total. The maximum absolute atomic E-state index is 13.1. The Morgan fingerprint density at radius 1 is 1.18 bits per heavy atom. The molecule has 14 heteroatoms. The fraction of sp³-hybridized carbons (Fsp3) is 0.423. The molecule has 1 N–H and O–H groups in total. The molecular weight excluding hydrogens is 672 g/mol. The number of aliphatic hydroxyl groups is 1. The number of hydrogen-bond acceptors (Lipinski definition) is 9. The Morgan fingerprint density at radius 2 is 1.88 bits per heavy atom. The minimum Gasteiger partial charge on any atom is -0.461 e. The van der Waals surface area contributed by atoms with Crippen LogP contribution in [0.1, 0.15) is 25.3 Å². The molecular formula is C26H28F3IO9S. The SMILES string of the molecule is C=CCO[C@H]1[C@H](O)[C@@H](COS(=O)(=O)c2cccc(C(F)(F)F)c2)O[C@@H](Oc2ccc(I)cc2)[C@@H]1OC(=O)CCC. The van der Waals surface area contributed by atoms with Crippen molar-refractivity contribution in [1.82, 2.24) is 0 Å². The molecule has 2 aromatic carbocycles. The van der Waals surface area contributed by atoms with Gasteiger partial charge in [0.15, 0.2) is 6.10 Å². The highest BCUT2D eigenvalue weighted by atomic mass is 127. The first-order valence-corrected chi connectivity index (χ1v) is 14.6. The van der Waals surface area contributed by atoms with Crippen LogP contribution in [0.15, 0.2) is 66.1 Å². The van der Waals surface area contributed by atoms with Crippen LogP contribution in [0.25, 0.3) is 0 Å². The van der Waals surface area contributed by atoms with E-state index in [4.69, 9.17) is 23.1 Å². The van der Waals surface area contributed by atoms with E-state index in [0.717, 1.165) is 21.8 Å². The van der Waals surface area contributed by atoms with Gasteiger partial charge in [-0.1, -0.05) is 19.1 Å². The summed E-state index contributed by atoms with van der Waals surface area (Å²) in [4.78, 5) is 11.7. The quantitative estimate of drug-likeness (QED) is 0.148. The summed E-state index contributed by atoms with van der Waals surface area (Å²) in [5.41, 5.74) is -1.17. The highest BCUT2D eigenvalue weighted by Gasteiger charge is 2.50. The summed E-state index contributed by atoms with van der Waals surface area (Å²) in [5.74, 6) is -0.286. The maximum Gasteiger partial charge on any atom is 0.416 e. The van der Waals surface area contributed by atoms with Crippen molar-refractivity contribution in [2.24, 2.45) is 0 Å². The van der Waals surface area contributed by atoms with E-state index in [1.165, 1.54) is 6.08 Å². The summed E-state index contributed by atoms with van der Waals surface area (Å²) < 4.78 is 93.6. The molecule has 1 saturated heterocycles. The zero-order valence-corrected chi connectivity index (χ0v) is 24.2. The molecule has 3 rings (SSSR count). The molecule has 40 heavy (non-hydrogen) atoms. The van der Waals surface area contributed by atoms with E-state index in [1.807, 2.05) is 0 Å². The third kappa shape index (κ3) is 8.63. The fourth-order valence-corrected chi connectivity index (χ4v) is 5.06. The Labute approximate surface area is 243 Å². The molecule has 220 valence electrons. The van der Waals surface area contributed by atoms with Crippen LogP contribution in [-0.4, -0.2) is 63.4 Å². The van der Waals surface area contributed by atoms with Gasteiger partial charge < -0.3 is 24.1 Å². The number of esters is 1. The van der Waals surface area contributed by atoms with E-state index < -0.39 is 70.0 Å². The molecule has 0 unspecified atom stereocenters. The summed E-state index contributed by atoms with van der Waals surface area (Å²) in [7, 11) is -4.70. The molecule has 0 saturated carbocycles. The van der Waals surface area contributed by atoms with E-state index in [9.17, 15) is 31.5 Å². The molecule has 5 atom stereocenters. The first-order valence-electron chi connectivity index (χ1n) is 12.1. The lowest BCUT2D eigenvalue weighted by Crippen LogP contribution is -2.62. The van der Waals surface area contributed by atoms with Crippen LogP contribution in [0, 0.1) is 3.57 Å². The molecule has 0 radical (unpaired) electrons. The van der Waals surface area contributed by atoms with Crippen molar-refractivity contribution in [3.05, 3.63) is 70.3 Å². The number of ether oxygens (including phenoxy) is 4. The van der Waals surface area contributed by atoms with Crippen LogP contribution >= 0.6 is 22.6 Å². The molecule has 1 aliphatic heterocycles. The number of halogens is 4. The number of rotatable bonds is 12. The van der Waals surface area contributed by atoms with Crippen molar-refractivity contribution in [3.63, 3.8) is 0 Å². The second-order valence-corrected chi connectivity index (χ2v) is 11.5. The maximum atomic E-state index is 13.1. The zero-order valence-electron chi connectivity index (χ0n) is 21.3. The Bertz CT molecular complexity index is 1250. The van der Waals surface area contributed by atoms with E-state index in [-0.39, 0.29) is 13.0 Å². The van der Waals surface area contributed by atoms with Gasteiger partial charge in [0, 0.05) is 9.99 Å². The standard InChI is InChI=1S/C26H28F3IO9S/c1-3-6-21(31)39-24-23(35-13-4-2)22(32)20(38-25(24)37-18-11-9-17(30)10-12-18)15-36-40(33,34)19-8-5-7-16(14-19)26(27,28)29/h4-5,7-12,14,20,22-25,32H,2-3,6,13,15H2,1H3/t20-,22-,23+,24-,25-/m1/s1. The smallest absolute Gasteiger partial charge is 0.416 e.